The van der Waals surface area contributed by atoms with Crippen molar-refractivity contribution in [3.8, 4) is 0 Å². The lowest BCUT2D eigenvalue weighted by Gasteiger charge is -2.20. The zero-order chi connectivity index (χ0) is 18.5. The van der Waals surface area contributed by atoms with Crippen LogP contribution in [0.1, 0.15) is 42.6 Å². The Bertz CT molecular complexity index is 778. The van der Waals surface area contributed by atoms with Gasteiger partial charge in [0.2, 0.25) is 0 Å². The van der Waals surface area contributed by atoms with Gasteiger partial charge >= 0.3 is 0 Å². The number of carbonyl (C=O) groups excluding carboxylic acids is 1. The number of carbonyl (C=O) groups is 1. The lowest BCUT2D eigenvalue weighted by Crippen LogP contribution is -2.25. The number of hydrogen-bond acceptors (Lipinski definition) is 5. The van der Waals surface area contributed by atoms with Crippen LogP contribution >= 0.6 is 23.4 Å². The molecule has 5 nitrogen and oxygen atoms in total. The largest absolute Gasteiger partial charge is 0.357 e. The van der Waals surface area contributed by atoms with Crippen molar-refractivity contribution in [2.45, 2.75) is 43.6 Å². The molecular formula is C19H23ClN4OS. The number of amides is 1. The van der Waals surface area contributed by atoms with Gasteiger partial charge in [0.1, 0.15) is 11.0 Å². The Balaban J connectivity index is 1.67. The fraction of sp³-hybridized carbons (Fsp3) is 0.421. The predicted octanol–water partition coefficient (Wildman–Crippen LogP) is 4.16. The number of benzene rings is 1. The van der Waals surface area contributed by atoms with Gasteiger partial charge in [-0.15, -0.1) is 0 Å². The molecule has 1 aliphatic rings. The van der Waals surface area contributed by atoms with E-state index >= 15 is 0 Å². The standard InChI is InChI=1S/C19H23ClN4OS/c1-3-24(4-2)17-11-16(20)22-19(23-17)26-12-13-6-5-7-14(10-13)18(25)21-15-8-9-15/h5-7,10-11,15H,3-4,8-9,12H2,1-2H3,(H,21,25). The summed E-state index contributed by atoms with van der Waals surface area (Å²) in [6.45, 7) is 5.91. The maximum absolute atomic E-state index is 12.2. The molecule has 138 valence electrons. The van der Waals surface area contributed by atoms with Crippen molar-refractivity contribution in [1.82, 2.24) is 15.3 Å². The molecule has 1 aliphatic carbocycles. The number of halogens is 1. The predicted molar refractivity (Wildman–Crippen MR) is 107 cm³/mol. The molecule has 0 unspecified atom stereocenters. The van der Waals surface area contributed by atoms with Crippen molar-refractivity contribution in [2.75, 3.05) is 18.0 Å². The summed E-state index contributed by atoms with van der Waals surface area (Å²) in [6, 6.07) is 9.86. The first kappa shape index (κ1) is 19.0. The van der Waals surface area contributed by atoms with E-state index in [1.165, 1.54) is 11.8 Å². The van der Waals surface area contributed by atoms with Gasteiger partial charge in [-0.1, -0.05) is 35.5 Å². The van der Waals surface area contributed by atoms with Crippen LogP contribution in [0.3, 0.4) is 0 Å². The van der Waals surface area contributed by atoms with Gasteiger partial charge in [-0.2, -0.15) is 0 Å². The molecular weight excluding hydrogens is 368 g/mol. The minimum Gasteiger partial charge on any atom is -0.357 e. The number of nitrogens with one attached hydrogen (secondary N) is 1. The van der Waals surface area contributed by atoms with Gasteiger partial charge in [0.15, 0.2) is 5.16 Å². The Morgan fingerprint density at radius 1 is 1.27 bits per heavy atom. The molecule has 1 saturated carbocycles. The third-order valence-corrected chi connectivity index (χ3v) is 5.33. The van der Waals surface area contributed by atoms with Crippen LogP contribution in [0, 0.1) is 0 Å². The van der Waals surface area contributed by atoms with Crippen LogP contribution in [0.25, 0.3) is 0 Å². The Labute approximate surface area is 163 Å². The van der Waals surface area contributed by atoms with E-state index in [0.717, 1.165) is 37.3 Å². The molecule has 0 radical (unpaired) electrons. The van der Waals surface area contributed by atoms with Crippen molar-refractivity contribution in [2.24, 2.45) is 0 Å². The number of hydrogen-bond donors (Lipinski definition) is 1. The lowest BCUT2D eigenvalue weighted by molar-refractivity contribution is 0.0951. The number of thioether (sulfide) groups is 1. The Hall–Kier alpha value is -1.79. The summed E-state index contributed by atoms with van der Waals surface area (Å²) in [5, 5.41) is 4.11. The summed E-state index contributed by atoms with van der Waals surface area (Å²) in [6.07, 6.45) is 2.17. The van der Waals surface area contributed by atoms with Crippen molar-refractivity contribution in [1.29, 1.82) is 0 Å². The molecule has 1 heterocycles. The first-order chi connectivity index (χ1) is 12.6. The van der Waals surface area contributed by atoms with Gasteiger partial charge in [0.05, 0.1) is 0 Å². The fourth-order valence-corrected chi connectivity index (χ4v) is 3.63. The number of rotatable bonds is 8. The normalized spacial score (nSPS) is 13.5. The first-order valence-corrected chi connectivity index (χ1v) is 10.3. The van der Waals surface area contributed by atoms with E-state index in [4.69, 9.17) is 11.6 Å². The molecule has 0 bridgehead atoms. The van der Waals surface area contributed by atoms with Crippen LogP contribution in [0.4, 0.5) is 5.82 Å². The van der Waals surface area contributed by atoms with Crippen molar-refractivity contribution < 1.29 is 4.79 Å². The van der Waals surface area contributed by atoms with Crippen LogP contribution < -0.4 is 10.2 Å². The number of nitrogens with zero attached hydrogens (tertiary/aromatic N) is 3. The third kappa shape index (κ3) is 5.11. The molecule has 26 heavy (non-hydrogen) atoms. The minimum atomic E-state index is 0.00201. The van der Waals surface area contributed by atoms with E-state index in [2.05, 4.69) is 34.0 Å². The Kier molecular flexibility index (Phi) is 6.38. The smallest absolute Gasteiger partial charge is 0.251 e. The molecule has 0 aliphatic heterocycles. The van der Waals surface area contributed by atoms with E-state index in [1.807, 2.05) is 24.3 Å². The molecule has 1 amide bonds. The maximum atomic E-state index is 12.2. The van der Waals surface area contributed by atoms with Crippen LogP contribution in [-0.4, -0.2) is 35.0 Å². The quantitative estimate of drug-likeness (QED) is 0.416. The van der Waals surface area contributed by atoms with Crippen molar-refractivity contribution in [3.05, 3.63) is 46.6 Å². The van der Waals surface area contributed by atoms with Crippen LogP contribution in [-0.2, 0) is 5.75 Å². The van der Waals surface area contributed by atoms with E-state index in [0.29, 0.717) is 27.7 Å². The van der Waals surface area contributed by atoms with Crippen molar-refractivity contribution in [3.63, 3.8) is 0 Å². The van der Waals surface area contributed by atoms with Crippen LogP contribution in [0.5, 0.6) is 0 Å². The van der Waals surface area contributed by atoms with Crippen LogP contribution in [0.15, 0.2) is 35.5 Å². The summed E-state index contributed by atoms with van der Waals surface area (Å²) >= 11 is 7.69. The van der Waals surface area contributed by atoms with E-state index in [-0.39, 0.29) is 5.91 Å². The average Bonchev–Trinajstić information content (AvgIpc) is 3.45. The molecule has 7 heteroatoms. The highest BCUT2D eigenvalue weighted by Crippen LogP contribution is 2.25. The van der Waals surface area contributed by atoms with Crippen LogP contribution in [0.2, 0.25) is 5.15 Å². The summed E-state index contributed by atoms with van der Waals surface area (Å²) < 4.78 is 0. The topological polar surface area (TPSA) is 58.1 Å². The molecule has 0 saturated heterocycles. The average molecular weight is 391 g/mol. The summed E-state index contributed by atoms with van der Waals surface area (Å²) in [7, 11) is 0. The highest BCUT2D eigenvalue weighted by atomic mass is 35.5. The minimum absolute atomic E-state index is 0.00201. The summed E-state index contributed by atoms with van der Waals surface area (Å²) in [5.41, 5.74) is 1.76. The third-order valence-electron chi connectivity index (χ3n) is 4.22. The molecule has 0 atom stereocenters. The fourth-order valence-electron chi connectivity index (χ4n) is 2.61. The SMILES string of the molecule is CCN(CC)c1cc(Cl)nc(SCc2cccc(C(=O)NC3CC3)c2)n1. The number of anilines is 1. The second-order valence-electron chi connectivity index (χ2n) is 6.24. The second-order valence-corrected chi connectivity index (χ2v) is 7.57. The highest BCUT2D eigenvalue weighted by Gasteiger charge is 2.23. The molecule has 1 N–H and O–H groups in total. The summed E-state index contributed by atoms with van der Waals surface area (Å²) in [4.78, 5) is 23.3. The van der Waals surface area contributed by atoms with Gasteiger partial charge in [-0.05, 0) is 44.4 Å². The molecule has 3 rings (SSSR count). The lowest BCUT2D eigenvalue weighted by atomic mass is 10.1. The second kappa shape index (κ2) is 8.73. The highest BCUT2D eigenvalue weighted by molar-refractivity contribution is 7.98. The monoisotopic (exact) mass is 390 g/mol. The van der Waals surface area contributed by atoms with E-state index in [1.54, 1.807) is 6.07 Å². The van der Waals surface area contributed by atoms with Gasteiger partial charge in [0.25, 0.3) is 5.91 Å². The van der Waals surface area contributed by atoms with Crippen molar-refractivity contribution >= 4 is 35.1 Å². The Morgan fingerprint density at radius 3 is 2.73 bits per heavy atom. The zero-order valence-electron chi connectivity index (χ0n) is 15.0. The number of aromatic nitrogens is 2. The van der Waals surface area contributed by atoms with E-state index < -0.39 is 0 Å². The molecule has 0 spiro atoms. The van der Waals surface area contributed by atoms with Gasteiger partial charge in [-0.3, -0.25) is 4.79 Å². The summed E-state index contributed by atoms with van der Waals surface area (Å²) in [5.74, 6) is 1.53. The zero-order valence-corrected chi connectivity index (χ0v) is 16.6. The van der Waals surface area contributed by atoms with Gasteiger partial charge in [0, 0.05) is 36.5 Å². The molecule has 1 aromatic heterocycles. The van der Waals surface area contributed by atoms with Gasteiger partial charge < -0.3 is 10.2 Å². The first-order valence-electron chi connectivity index (χ1n) is 8.91. The maximum Gasteiger partial charge on any atom is 0.251 e. The molecule has 2 aromatic rings. The molecule has 1 aromatic carbocycles. The van der Waals surface area contributed by atoms with Gasteiger partial charge in [-0.25, -0.2) is 9.97 Å². The Morgan fingerprint density at radius 2 is 2.04 bits per heavy atom. The molecule has 1 fully saturated rings. The van der Waals surface area contributed by atoms with E-state index in [9.17, 15) is 4.79 Å².